The molecule has 1 aliphatic carbocycles. The zero-order chi connectivity index (χ0) is 22.7. The standard InChI is InChI=1S/C26H30Cl2N2OS/c1-4-14-30(25(20-9-10-20)19-7-5-18(6-8-19)13-15-31-3)26-29-24(17(2)32-26)22-12-11-21(27)16-23(22)28/h5-8,11-12,16,20,25H,4,9-10,13-15H2,1-3H3. The molecule has 1 fully saturated rings. The summed E-state index contributed by atoms with van der Waals surface area (Å²) < 4.78 is 5.23. The third-order valence-corrected chi connectivity index (χ3v) is 7.56. The Bertz CT molecular complexity index is 1050. The van der Waals surface area contributed by atoms with Gasteiger partial charge in [-0.15, -0.1) is 11.3 Å². The Balaban J connectivity index is 1.67. The number of methoxy groups -OCH3 is 1. The average Bonchev–Trinajstić information content (AvgIpc) is 3.54. The number of nitrogens with zero attached hydrogens (tertiary/aromatic N) is 2. The predicted molar refractivity (Wildman–Crippen MR) is 137 cm³/mol. The number of hydrogen-bond donors (Lipinski definition) is 0. The van der Waals surface area contributed by atoms with Crippen LogP contribution in [0.2, 0.25) is 10.0 Å². The fraction of sp³-hybridized carbons (Fsp3) is 0.423. The summed E-state index contributed by atoms with van der Waals surface area (Å²) in [4.78, 5) is 8.80. The lowest BCUT2D eigenvalue weighted by Gasteiger charge is -2.32. The maximum absolute atomic E-state index is 6.51. The summed E-state index contributed by atoms with van der Waals surface area (Å²) in [5.74, 6) is 0.679. The first kappa shape index (κ1) is 23.6. The second kappa shape index (κ2) is 10.6. The number of aryl methyl sites for hydroxylation is 1. The number of aromatic nitrogens is 1. The number of benzene rings is 2. The van der Waals surface area contributed by atoms with Crippen molar-refractivity contribution >= 4 is 39.7 Å². The molecule has 0 N–H and O–H groups in total. The van der Waals surface area contributed by atoms with Crippen LogP contribution in [0.3, 0.4) is 0 Å². The van der Waals surface area contributed by atoms with E-state index in [9.17, 15) is 0 Å². The van der Waals surface area contributed by atoms with Crippen LogP contribution in [0.4, 0.5) is 5.13 Å². The van der Waals surface area contributed by atoms with Crippen LogP contribution in [0.15, 0.2) is 42.5 Å². The predicted octanol–water partition coefficient (Wildman–Crippen LogP) is 7.98. The molecule has 0 radical (unpaired) electrons. The first-order chi connectivity index (χ1) is 15.5. The Kier molecular flexibility index (Phi) is 7.78. The van der Waals surface area contributed by atoms with Crippen molar-refractivity contribution in [3.8, 4) is 11.3 Å². The molecule has 3 aromatic rings. The minimum atomic E-state index is 0.352. The summed E-state index contributed by atoms with van der Waals surface area (Å²) in [6.07, 6.45) is 4.57. The second-order valence-corrected chi connectivity index (χ2v) is 10.5. The van der Waals surface area contributed by atoms with Gasteiger partial charge in [0.05, 0.1) is 23.4 Å². The van der Waals surface area contributed by atoms with Gasteiger partial charge in [-0.3, -0.25) is 0 Å². The lowest BCUT2D eigenvalue weighted by Crippen LogP contribution is -2.31. The van der Waals surface area contributed by atoms with Gasteiger partial charge in [-0.1, -0.05) is 54.4 Å². The van der Waals surface area contributed by atoms with Crippen molar-refractivity contribution < 1.29 is 4.74 Å². The zero-order valence-electron chi connectivity index (χ0n) is 18.9. The lowest BCUT2D eigenvalue weighted by molar-refractivity contribution is 0.202. The smallest absolute Gasteiger partial charge is 0.186 e. The quantitative estimate of drug-likeness (QED) is 0.289. The van der Waals surface area contributed by atoms with Crippen LogP contribution in [-0.4, -0.2) is 25.2 Å². The number of hydrogen-bond acceptors (Lipinski definition) is 4. The molecule has 1 saturated carbocycles. The van der Waals surface area contributed by atoms with E-state index in [1.165, 1.54) is 28.8 Å². The van der Waals surface area contributed by atoms with Gasteiger partial charge in [-0.25, -0.2) is 4.98 Å². The molecule has 1 atom stereocenters. The van der Waals surface area contributed by atoms with Crippen LogP contribution in [-0.2, 0) is 11.2 Å². The minimum absolute atomic E-state index is 0.352. The molecule has 0 spiro atoms. The summed E-state index contributed by atoms with van der Waals surface area (Å²) >= 11 is 14.4. The Morgan fingerprint density at radius 2 is 1.91 bits per heavy atom. The number of anilines is 1. The SMILES string of the molecule is CCCN(c1nc(-c2ccc(Cl)cc2Cl)c(C)s1)C(c1ccc(CCOC)cc1)C1CC1. The van der Waals surface area contributed by atoms with Crippen LogP contribution in [0.25, 0.3) is 11.3 Å². The van der Waals surface area contributed by atoms with Crippen LogP contribution in [0, 0.1) is 12.8 Å². The Morgan fingerprint density at radius 1 is 1.16 bits per heavy atom. The van der Waals surface area contributed by atoms with E-state index in [2.05, 4.69) is 43.0 Å². The number of thiazole rings is 1. The first-order valence-corrected chi connectivity index (χ1v) is 12.9. The van der Waals surface area contributed by atoms with Crippen molar-refractivity contribution in [1.82, 2.24) is 4.98 Å². The van der Waals surface area contributed by atoms with E-state index in [0.29, 0.717) is 22.0 Å². The maximum atomic E-state index is 6.51. The van der Waals surface area contributed by atoms with Gasteiger partial charge in [-0.05, 0) is 67.9 Å². The van der Waals surface area contributed by atoms with Crippen molar-refractivity contribution in [1.29, 1.82) is 0 Å². The van der Waals surface area contributed by atoms with E-state index in [4.69, 9.17) is 32.9 Å². The molecule has 32 heavy (non-hydrogen) atoms. The molecule has 1 heterocycles. The summed E-state index contributed by atoms with van der Waals surface area (Å²) in [7, 11) is 1.75. The van der Waals surface area contributed by atoms with Crippen LogP contribution >= 0.6 is 34.5 Å². The Hall–Kier alpha value is -1.59. The summed E-state index contributed by atoms with van der Waals surface area (Å²) in [5.41, 5.74) is 4.59. The maximum Gasteiger partial charge on any atom is 0.186 e. The molecule has 170 valence electrons. The van der Waals surface area contributed by atoms with Gasteiger partial charge in [0.2, 0.25) is 0 Å². The van der Waals surface area contributed by atoms with Crippen molar-refractivity contribution in [3.05, 3.63) is 68.5 Å². The number of rotatable bonds is 10. The van der Waals surface area contributed by atoms with Crippen LogP contribution < -0.4 is 4.90 Å². The lowest BCUT2D eigenvalue weighted by atomic mass is 9.98. The minimum Gasteiger partial charge on any atom is -0.384 e. The molecule has 0 aliphatic heterocycles. The first-order valence-electron chi connectivity index (χ1n) is 11.3. The molecule has 4 rings (SSSR count). The highest BCUT2D eigenvalue weighted by atomic mass is 35.5. The molecule has 0 saturated heterocycles. The third kappa shape index (κ3) is 5.31. The summed E-state index contributed by atoms with van der Waals surface area (Å²) in [5, 5.41) is 2.36. The van der Waals surface area contributed by atoms with E-state index in [1.54, 1.807) is 24.5 Å². The molecule has 1 aliphatic rings. The van der Waals surface area contributed by atoms with Crippen molar-refractivity contribution in [2.24, 2.45) is 5.92 Å². The molecule has 0 amide bonds. The molecule has 1 unspecified atom stereocenters. The molecule has 0 bridgehead atoms. The molecule has 3 nitrogen and oxygen atoms in total. The van der Waals surface area contributed by atoms with E-state index in [0.717, 1.165) is 42.4 Å². The molecular weight excluding hydrogens is 459 g/mol. The largest absolute Gasteiger partial charge is 0.384 e. The second-order valence-electron chi connectivity index (χ2n) is 8.49. The van der Waals surface area contributed by atoms with Gasteiger partial charge in [0.25, 0.3) is 0 Å². The highest BCUT2D eigenvalue weighted by Gasteiger charge is 2.37. The van der Waals surface area contributed by atoms with E-state index in [-0.39, 0.29) is 0 Å². The Morgan fingerprint density at radius 3 is 2.53 bits per heavy atom. The number of ether oxygens (including phenoxy) is 1. The molecule has 6 heteroatoms. The summed E-state index contributed by atoms with van der Waals surface area (Å²) in [6, 6.07) is 15.1. The van der Waals surface area contributed by atoms with Gasteiger partial charge in [0, 0.05) is 29.1 Å². The fourth-order valence-electron chi connectivity index (χ4n) is 4.25. The van der Waals surface area contributed by atoms with Gasteiger partial charge in [0.1, 0.15) is 0 Å². The van der Waals surface area contributed by atoms with Crippen molar-refractivity contribution in [3.63, 3.8) is 0 Å². The van der Waals surface area contributed by atoms with Gasteiger partial charge in [0.15, 0.2) is 5.13 Å². The zero-order valence-corrected chi connectivity index (χ0v) is 21.2. The highest BCUT2D eigenvalue weighted by Crippen LogP contribution is 2.48. The van der Waals surface area contributed by atoms with Gasteiger partial charge in [-0.2, -0.15) is 0 Å². The Labute approximate surface area is 205 Å². The van der Waals surface area contributed by atoms with E-state index >= 15 is 0 Å². The van der Waals surface area contributed by atoms with Crippen molar-refractivity contribution in [2.45, 2.75) is 45.6 Å². The molecular formula is C26H30Cl2N2OS. The van der Waals surface area contributed by atoms with Crippen molar-refractivity contribution in [2.75, 3.05) is 25.2 Å². The summed E-state index contributed by atoms with van der Waals surface area (Å²) in [6.45, 7) is 6.10. The van der Waals surface area contributed by atoms with Gasteiger partial charge < -0.3 is 9.64 Å². The number of halogens is 2. The molecule has 1 aromatic heterocycles. The topological polar surface area (TPSA) is 25.4 Å². The van der Waals surface area contributed by atoms with Gasteiger partial charge >= 0.3 is 0 Å². The highest BCUT2D eigenvalue weighted by molar-refractivity contribution is 7.16. The fourth-order valence-corrected chi connectivity index (χ4v) is 5.73. The monoisotopic (exact) mass is 488 g/mol. The van der Waals surface area contributed by atoms with Crippen LogP contribution in [0.1, 0.15) is 48.2 Å². The van der Waals surface area contributed by atoms with Crippen LogP contribution in [0.5, 0.6) is 0 Å². The molecule has 2 aromatic carbocycles. The van der Waals surface area contributed by atoms with E-state index < -0.39 is 0 Å². The average molecular weight is 490 g/mol. The normalized spacial score (nSPS) is 14.5. The third-order valence-electron chi connectivity index (χ3n) is 6.00. The van der Waals surface area contributed by atoms with E-state index in [1.807, 2.05) is 12.1 Å².